The summed E-state index contributed by atoms with van der Waals surface area (Å²) in [6.07, 6.45) is -0.259. The predicted molar refractivity (Wildman–Crippen MR) is 98.4 cm³/mol. The molecule has 0 bridgehead atoms. The van der Waals surface area contributed by atoms with Gasteiger partial charge in [0.1, 0.15) is 17.2 Å². The molecule has 26 heavy (non-hydrogen) atoms. The van der Waals surface area contributed by atoms with Gasteiger partial charge in [0.15, 0.2) is 11.6 Å². The Hall–Kier alpha value is -2.41. The van der Waals surface area contributed by atoms with Crippen LogP contribution in [0.25, 0.3) is 22.3 Å². The number of fused-ring (bicyclic) bond motifs is 1. The highest BCUT2D eigenvalue weighted by Crippen LogP contribution is 2.41. The van der Waals surface area contributed by atoms with Gasteiger partial charge in [0.25, 0.3) is 5.91 Å². The summed E-state index contributed by atoms with van der Waals surface area (Å²) in [6, 6.07) is 6.98. The van der Waals surface area contributed by atoms with E-state index in [9.17, 15) is 9.18 Å². The van der Waals surface area contributed by atoms with Gasteiger partial charge in [-0.05, 0) is 60.1 Å². The number of hydrogen-bond acceptors (Lipinski definition) is 3. The van der Waals surface area contributed by atoms with Crippen LogP contribution < -0.4 is 10.1 Å². The molecule has 0 fully saturated rings. The minimum absolute atomic E-state index is 0.00380. The molecule has 0 aliphatic carbocycles. The van der Waals surface area contributed by atoms with Crippen LogP contribution in [0.15, 0.2) is 39.2 Å². The van der Waals surface area contributed by atoms with Crippen molar-refractivity contribution >= 4 is 32.8 Å². The van der Waals surface area contributed by atoms with E-state index in [0.717, 1.165) is 0 Å². The average molecular weight is 424 g/mol. The molecule has 0 atom stereocenters. The van der Waals surface area contributed by atoms with Crippen molar-refractivity contribution in [2.24, 2.45) is 0 Å². The lowest BCUT2D eigenvalue weighted by Gasteiger charge is -2.13. The van der Waals surface area contributed by atoms with E-state index in [2.05, 4.69) is 21.2 Å². The van der Waals surface area contributed by atoms with E-state index in [0.29, 0.717) is 10.0 Å². The normalized spacial score (nSPS) is 11.2. The molecule has 0 aliphatic heterocycles. The lowest BCUT2D eigenvalue weighted by atomic mass is 10.0. The predicted octanol–water partition coefficient (Wildman–Crippen LogP) is 5.29. The zero-order chi connectivity index (χ0) is 19.0. The van der Waals surface area contributed by atoms with Gasteiger partial charge in [-0.1, -0.05) is 0 Å². The maximum absolute atomic E-state index is 15.2. The second-order valence-corrected chi connectivity index (χ2v) is 6.79. The zero-order valence-corrected chi connectivity index (χ0v) is 15.9. The lowest BCUT2D eigenvalue weighted by molar-refractivity contribution is 0.0964. The molecule has 1 amide bonds. The first-order chi connectivity index (χ1) is 12.3. The van der Waals surface area contributed by atoms with E-state index in [1.54, 1.807) is 19.9 Å². The van der Waals surface area contributed by atoms with E-state index in [1.807, 2.05) is 0 Å². The highest BCUT2D eigenvalue weighted by molar-refractivity contribution is 9.10. The summed E-state index contributed by atoms with van der Waals surface area (Å²) in [5.41, 5.74) is 0.680. The minimum Gasteiger partial charge on any atom is -0.487 e. The Morgan fingerprint density at radius 3 is 2.46 bits per heavy atom. The molecule has 1 aromatic heterocycles. The number of nitrogens with one attached hydrogen (secondary N) is 1. The van der Waals surface area contributed by atoms with Crippen molar-refractivity contribution in [2.75, 3.05) is 7.05 Å². The Kier molecular flexibility index (Phi) is 5.00. The summed E-state index contributed by atoms with van der Waals surface area (Å²) >= 11 is 3.28. The molecule has 1 N–H and O–H groups in total. The van der Waals surface area contributed by atoms with Gasteiger partial charge in [-0.2, -0.15) is 0 Å². The van der Waals surface area contributed by atoms with Crippen molar-refractivity contribution in [1.82, 2.24) is 5.32 Å². The van der Waals surface area contributed by atoms with Crippen LogP contribution in [0.1, 0.15) is 24.2 Å². The summed E-state index contributed by atoms with van der Waals surface area (Å²) < 4.78 is 40.1. The average Bonchev–Trinajstić information content (AvgIpc) is 2.97. The lowest BCUT2D eigenvalue weighted by Crippen LogP contribution is -2.18. The highest BCUT2D eigenvalue weighted by atomic mass is 79.9. The quantitative estimate of drug-likeness (QED) is 0.620. The number of halogens is 3. The Morgan fingerprint density at radius 1 is 1.23 bits per heavy atom. The Labute approximate surface area is 157 Å². The van der Waals surface area contributed by atoms with Gasteiger partial charge in [-0.3, -0.25) is 4.79 Å². The van der Waals surface area contributed by atoms with Gasteiger partial charge in [-0.15, -0.1) is 0 Å². The molecule has 3 aromatic rings. The van der Waals surface area contributed by atoms with Gasteiger partial charge < -0.3 is 14.5 Å². The second kappa shape index (κ2) is 7.07. The Morgan fingerprint density at radius 2 is 1.88 bits per heavy atom. The molecule has 0 spiro atoms. The van der Waals surface area contributed by atoms with Crippen molar-refractivity contribution in [3.8, 4) is 17.1 Å². The third kappa shape index (κ3) is 3.19. The van der Waals surface area contributed by atoms with Crippen LogP contribution in [0, 0.1) is 11.6 Å². The van der Waals surface area contributed by atoms with Crippen LogP contribution in [0.5, 0.6) is 5.75 Å². The molecule has 0 saturated heterocycles. The van der Waals surface area contributed by atoms with Crippen LogP contribution in [0.2, 0.25) is 0 Å². The van der Waals surface area contributed by atoms with Crippen molar-refractivity contribution in [2.45, 2.75) is 20.0 Å². The Bertz CT molecular complexity index is 981. The largest absolute Gasteiger partial charge is 0.487 e. The van der Waals surface area contributed by atoms with E-state index < -0.39 is 17.5 Å². The second-order valence-electron chi connectivity index (χ2n) is 5.93. The first-order valence-electron chi connectivity index (χ1n) is 7.92. The molecule has 4 nitrogen and oxygen atoms in total. The van der Waals surface area contributed by atoms with E-state index >= 15 is 4.39 Å². The van der Waals surface area contributed by atoms with Crippen molar-refractivity contribution in [1.29, 1.82) is 0 Å². The minimum atomic E-state index is -0.696. The van der Waals surface area contributed by atoms with E-state index in [1.165, 1.54) is 31.3 Å². The summed E-state index contributed by atoms with van der Waals surface area (Å²) in [5.74, 6) is -1.47. The first kappa shape index (κ1) is 18.4. The van der Waals surface area contributed by atoms with Crippen LogP contribution in [-0.2, 0) is 0 Å². The molecular formula is C19H16BrF2NO3. The van der Waals surface area contributed by atoms with Crippen LogP contribution >= 0.6 is 15.9 Å². The van der Waals surface area contributed by atoms with Crippen LogP contribution in [0.4, 0.5) is 8.78 Å². The van der Waals surface area contributed by atoms with Gasteiger partial charge in [0.2, 0.25) is 0 Å². The number of carbonyl (C=O) groups excluding carboxylic acids is 1. The number of rotatable bonds is 4. The molecule has 136 valence electrons. The van der Waals surface area contributed by atoms with Gasteiger partial charge in [0.05, 0.1) is 21.5 Å². The van der Waals surface area contributed by atoms with Crippen molar-refractivity contribution in [3.63, 3.8) is 0 Å². The molecule has 0 aliphatic rings. The van der Waals surface area contributed by atoms with E-state index in [4.69, 9.17) is 9.15 Å². The van der Waals surface area contributed by atoms with Gasteiger partial charge in [-0.25, -0.2) is 8.78 Å². The number of hydrogen-bond donors (Lipinski definition) is 1. The molecular weight excluding hydrogens is 408 g/mol. The molecule has 2 aromatic carbocycles. The standard InChI is InChI=1S/C19H16BrF2NO3/c1-9(2)25-18-12(20)8-13-14(16(18)22)15(19(24)23-3)17(26-13)10-4-6-11(21)7-5-10/h4-9H,1-3H3,(H,23,24). The van der Waals surface area contributed by atoms with Gasteiger partial charge >= 0.3 is 0 Å². The summed E-state index contributed by atoms with van der Waals surface area (Å²) in [5, 5.41) is 2.51. The third-order valence-corrected chi connectivity index (χ3v) is 4.33. The highest BCUT2D eigenvalue weighted by Gasteiger charge is 2.27. The first-order valence-corrected chi connectivity index (χ1v) is 8.72. The smallest absolute Gasteiger partial charge is 0.255 e. The number of benzene rings is 2. The van der Waals surface area contributed by atoms with Crippen molar-refractivity contribution < 1.29 is 22.7 Å². The van der Waals surface area contributed by atoms with Gasteiger partial charge in [0, 0.05) is 12.6 Å². The Balaban J connectivity index is 2.34. The molecule has 0 saturated carbocycles. The number of ether oxygens (including phenoxy) is 1. The summed E-state index contributed by atoms with van der Waals surface area (Å²) in [6.45, 7) is 3.55. The van der Waals surface area contributed by atoms with E-state index in [-0.39, 0.29) is 34.1 Å². The van der Waals surface area contributed by atoms with Crippen molar-refractivity contribution in [3.05, 3.63) is 52.0 Å². The van der Waals surface area contributed by atoms with Crippen LogP contribution in [0.3, 0.4) is 0 Å². The zero-order valence-electron chi connectivity index (χ0n) is 14.3. The fraction of sp³-hybridized carbons (Fsp3) is 0.211. The third-order valence-electron chi connectivity index (χ3n) is 3.74. The number of carbonyl (C=O) groups is 1. The molecule has 1 heterocycles. The fourth-order valence-corrected chi connectivity index (χ4v) is 3.13. The number of amides is 1. The summed E-state index contributed by atoms with van der Waals surface area (Å²) in [7, 11) is 1.44. The number of furan rings is 1. The molecule has 3 rings (SSSR count). The van der Waals surface area contributed by atoms with Crippen LogP contribution in [-0.4, -0.2) is 19.1 Å². The SMILES string of the molecule is CNC(=O)c1c(-c2ccc(F)cc2)oc2cc(Br)c(OC(C)C)c(F)c12. The summed E-state index contributed by atoms with van der Waals surface area (Å²) in [4.78, 5) is 12.5. The maximum atomic E-state index is 15.2. The molecule has 7 heteroatoms. The topological polar surface area (TPSA) is 51.5 Å². The monoisotopic (exact) mass is 423 g/mol. The fourth-order valence-electron chi connectivity index (χ4n) is 2.66. The molecule has 0 radical (unpaired) electrons. The maximum Gasteiger partial charge on any atom is 0.255 e. The molecule has 0 unspecified atom stereocenters.